The van der Waals surface area contributed by atoms with E-state index in [9.17, 15) is 9.59 Å². The number of carbonyl (C=O) groups excluding carboxylic acids is 2. The SMILES string of the molecule is C=C(C)C(=O)C1(NC(=O)OC(C)(C)C)CC1. The van der Waals surface area contributed by atoms with Gasteiger partial charge >= 0.3 is 6.09 Å². The van der Waals surface area contributed by atoms with Gasteiger partial charge in [-0.1, -0.05) is 6.58 Å². The first-order valence-electron chi connectivity index (χ1n) is 5.38. The molecule has 0 spiro atoms. The largest absolute Gasteiger partial charge is 0.444 e. The van der Waals surface area contributed by atoms with E-state index < -0.39 is 17.2 Å². The van der Waals surface area contributed by atoms with Crippen LogP contribution in [0.25, 0.3) is 0 Å². The first kappa shape index (κ1) is 12.7. The number of Topliss-reactive ketones (excluding diaryl/α,β-unsaturated/α-hetero) is 1. The Balaban J connectivity index is 2.58. The highest BCUT2D eigenvalue weighted by molar-refractivity contribution is 6.05. The van der Waals surface area contributed by atoms with E-state index in [2.05, 4.69) is 11.9 Å². The zero-order valence-electron chi connectivity index (χ0n) is 10.3. The number of rotatable bonds is 3. The van der Waals surface area contributed by atoms with E-state index in [1.54, 1.807) is 27.7 Å². The summed E-state index contributed by atoms with van der Waals surface area (Å²) >= 11 is 0. The fraction of sp³-hybridized carbons (Fsp3) is 0.667. The predicted octanol–water partition coefficient (Wildman–Crippen LogP) is 2.19. The highest BCUT2D eigenvalue weighted by Crippen LogP contribution is 2.38. The van der Waals surface area contributed by atoms with Gasteiger partial charge in [0.25, 0.3) is 0 Å². The number of ether oxygens (including phenoxy) is 1. The Morgan fingerprint density at radius 1 is 1.31 bits per heavy atom. The molecule has 0 radical (unpaired) electrons. The van der Waals surface area contributed by atoms with E-state index in [4.69, 9.17) is 4.74 Å². The predicted molar refractivity (Wildman–Crippen MR) is 61.2 cm³/mol. The molecule has 0 heterocycles. The van der Waals surface area contributed by atoms with Crippen LogP contribution in [0, 0.1) is 0 Å². The van der Waals surface area contributed by atoms with Crippen molar-refractivity contribution >= 4 is 11.9 Å². The van der Waals surface area contributed by atoms with Gasteiger partial charge in [0.15, 0.2) is 5.78 Å². The summed E-state index contributed by atoms with van der Waals surface area (Å²) in [5.74, 6) is -0.0987. The minimum atomic E-state index is -0.742. The molecule has 1 aliphatic carbocycles. The van der Waals surface area contributed by atoms with E-state index in [1.165, 1.54) is 0 Å². The molecule has 0 unspecified atom stereocenters. The number of hydrogen-bond donors (Lipinski definition) is 1. The molecular formula is C12H19NO3. The number of alkyl carbamates (subject to hydrolysis) is 1. The molecule has 16 heavy (non-hydrogen) atoms. The molecule has 1 rings (SSSR count). The summed E-state index contributed by atoms with van der Waals surface area (Å²) in [6.45, 7) is 10.6. The standard InChI is InChI=1S/C12H19NO3/c1-8(2)9(14)12(6-7-12)13-10(15)16-11(3,4)5/h1,6-7H2,2-5H3,(H,13,15). The van der Waals surface area contributed by atoms with Crippen molar-refractivity contribution in [1.29, 1.82) is 0 Å². The third kappa shape index (κ3) is 3.08. The Morgan fingerprint density at radius 3 is 2.12 bits per heavy atom. The van der Waals surface area contributed by atoms with Crippen LogP contribution in [0.3, 0.4) is 0 Å². The van der Waals surface area contributed by atoms with Crippen LogP contribution in [0.15, 0.2) is 12.2 Å². The van der Waals surface area contributed by atoms with Crippen molar-refractivity contribution in [3.05, 3.63) is 12.2 Å². The van der Waals surface area contributed by atoms with Crippen molar-refractivity contribution in [3.8, 4) is 0 Å². The zero-order valence-corrected chi connectivity index (χ0v) is 10.3. The summed E-state index contributed by atoms with van der Waals surface area (Å²) in [6, 6.07) is 0. The molecule has 4 heteroatoms. The van der Waals surface area contributed by atoms with Crippen LogP contribution in [-0.4, -0.2) is 23.0 Å². The summed E-state index contributed by atoms with van der Waals surface area (Å²) in [7, 11) is 0. The second-order valence-corrected chi connectivity index (χ2v) is 5.32. The summed E-state index contributed by atoms with van der Waals surface area (Å²) in [5.41, 5.74) is -0.825. The molecule has 0 aliphatic heterocycles. The molecule has 4 nitrogen and oxygen atoms in total. The van der Waals surface area contributed by atoms with Gasteiger partial charge in [0, 0.05) is 0 Å². The number of hydrogen-bond acceptors (Lipinski definition) is 3. The Kier molecular flexibility index (Phi) is 3.13. The van der Waals surface area contributed by atoms with Gasteiger partial charge in [0.1, 0.15) is 11.1 Å². The Bertz CT molecular complexity index is 335. The van der Waals surface area contributed by atoms with E-state index in [0.29, 0.717) is 18.4 Å². The molecule has 90 valence electrons. The summed E-state index contributed by atoms with van der Waals surface area (Å²) < 4.78 is 5.11. The normalized spacial score (nSPS) is 17.5. The second kappa shape index (κ2) is 3.92. The number of amides is 1. The van der Waals surface area contributed by atoms with Crippen LogP contribution < -0.4 is 5.32 Å². The zero-order chi connectivity index (χ0) is 12.6. The molecule has 0 saturated heterocycles. The maximum absolute atomic E-state index is 11.8. The van der Waals surface area contributed by atoms with Crippen molar-refractivity contribution in [1.82, 2.24) is 5.32 Å². The molecule has 0 aromatic carbocycles. The first-order chi connectivity index (χ1) is 7.16. The van der Waals surface area contributed by atoms with Gasteiger partial charge in [-0.2, -0.15) is 0 Å². The molecule has 0 atom stereocenters. The Hall–Kier alpha value is -1.32. The van der Waals surface area contributed by atoms with Crippen molar-refractivity contribution in [3.63, 3.8) is 0 Å². The van der Waals surface area contributed by atoms with E-state index in [1.807, 2.05) is 0 Å². The minimum Gasteiger partial charge on any atom is -0.444 e. The number of carbonyl (C=O) groups is 2. The molecule has 1 amide bonds. The van der Waals surface area contributed by atoms with Crippen LogP contribution in [-0.2, 0) is 9.53 Å². The van der Waals surface area contributed by atoms with Crippen molar-refractivity contribution in [2.24, 2.45) is 0 Å². The average molecular weight is 225 g/mol. The maximum Gasteiger partial charge on any atom is 0.408 e. The van der Waals surface area contributed by atoms with E-state index >= 15 is 0 Å². The van der Waals surface area contributed by atoms with Crippen LogP contribution in [0.2, 0.25) is 0 Å². The highest BCUT2D eigenvalue weighted by atomic mass is 16.6. The molecule has 0 bridgehead atoms. The lowest BCUT2D eigenvalue weighted by molar-refractivity contribution is -0.118. The molecule has 1 N–H and O–H groups in total. The van der Waals surface area contributed by atoms with Gasteiger partial charge in [-0.05, 0) is 46.1 Å². The van der Waals surface area contributed by atoms with Crippen LogP contribution in [0.5, 0.6) is 0 Å². The molecule has 0 aromatic heterocycles. The van der Waals surface area contributed by atoms with Crippen LogP contribution in [0.4, 0.5) is 4.79 Å². The molecule has 0 aromatic rings. The molecule has 1 saturated carbocycles. The van der Waals surface area contributed by atoms with Gasteiger partial charge < -0.3 is 10.1 Å². The van der Waals surface area contributed by atoms with Crippen molar-refractivity contribution < 1.29 is 14.3 Å². The highest BCUT2D eigenvalue weighted by Gasteiger charge is 2.51. The number of ketones is 1. The maximum atomic E-state index is 11.8. The quantitative estimate of drug-likeness (QED) is 0.749. The average Bonchev–Trinajstić information content (AvgIpc) is 2.80. The van der Waals surface area contributed by atoms with Crippen LogP contribution in [0.1, 0.15) is 40.5 Å². The van der Waals surface area contributed by atoms with Crippen molar-refractivity contribution in [2.75, 3.05) is 0 Å². The van der Waals surface area contributed by atoms with Gasteiger partial charge in [-0.15, -0.1) is 0 Å². The van der Waals surface area contributed by atoms with Gasteiger partial charge in [0.2, 0.25) is 0 Å². The summed E-state index contributed by atoms with van der Waals surface area (Å²) in [5, 5.41) is 2.63. The summed E-state index contributed by atoms with van der Waals surface area (Å²) in [6.07, 6.45) is 0.787. The summed E-state index contributed by atoms with van der Waals surface area (Å²) in [4.78, 5) is 23.3. The lowest BCUT2D eigenvalue weighted by Crippen LogP contribution is -2.45. The monoisotopic (exact) mass is 225 g/mol. The fourth-order valence-corrected chi connectivity index (χ4v) is 1.44. The van der Waals surface area contributed by atoms with Gasteiger partial charge in [-0.25, -0.2) is 4.79 Å². The Morgan fingerprint density at radius 2 is 1.81 bits per heavy atom. The van der Waals surface area contributed by atoms with Gasteiger partial charge in [-0.3, -0.25) is 4.79 Å². The van der Waals surface area contributed by atoms with Gasteiger partial charge in [0.05, 0.1) is 0 Å². The smallest absolute Gasteiger partial charge is 0.408 e. The lowest BCUT2D eigenvalue weighted by Gasteiger charge is -2.22. The second-order valence-electron chi connectivity index (χ2n) is 5.32. The van der Waals surface area contributed by atoms with E-state index in [0.717, 1.165) is 0 Å². The Labute approximate surface area is 96.0 Å². The third-order valence-electron chi connectivity index (χ3n) is 2.31. The third-order valence-corrected chi connectivity index (χ3v) is 2.31. The minimum absolute atomic E-state index is 0.0987. The number of nitrogens with one attached hydrogen (secondary N) is 1. The molecule has 1 aliphatic rings. The van der Waals surface area contributed by atoms with Crippen molar-refractivity contribution in [2.45, 2.75) is 51.7 Å². The molecule has 1 fully saturated rings. The molecular weight excluding hydrogens is 206 g/mol. The fourth-order valence-electron chi connectivity index (χ4n) is 1.44. The topological polar surface area (TPSA) is 55.4 Å². The van der Waals surface area contributed by atoms with Crippen LogP contribution >= 0.6 is 0 Å². The first-order valence-corrected chi connectivity index (χ1v) is 5.38. The lowest BCUT2D eigenvalue weighted by atomic mass is 10.1. The van der Waals surface area contributed by atoms with E-state index in [-0.39, 0.29) is 5.78 Å².